The van der Waals surface area contributed by atoms with Crippen LogP contribution in [0.1, 0.15) is 18.0 Å². The van der Waals surface area contributed by atoms with Gasteiger partial charge in [-0.25, -0.2) is 0 Å². The number of rotatable bonds is 0. The maximum atomic E-state index is 5.98. The summed E-state index contributed by atoms with van der Waals surface area (Å²) in [5, 5.41) is 0.633. The molecule has 1 aliphatic rings. The summed E-state index contributed by atoms with van der Waals surface area (Å²) < 4.78 is 6.43. The molecule has 0 spiro atoms. The van der Waals surface area contributed by atoms with Gasteiger partial charge >= 0.3 is 0 Å². The number of fused-ring (bicyclic) bond motifs is 1. The van der Waals surface area contributed by atoms with Crippen molar-refractivity contribution in [1.29, 1.82) is 0 Å². The lowest BCUT2D eigenvalue weighted by molar-refractivity contribution is 0.268. The summed E-state index contributed by atoms with van der Waals surface area (Å²) in [6.07, 6.45) is 0.839. The van der Waals surface area contributed by atoms with Gasteiger partial charge in [0.25, 0.3) is 0 Å². The lowest BCUT2D eigenvalue weighted by atomic mass is 10.0. The fourth-order valence-electron chi connectivity index (χ4n) is 1.47. The van der Waals surface area contributed by atoms with E-state index in [1.807, 2.05) is 12.1 Å². The van der Waals surface area contributed by atoms with E-state index in [-0.39, 0.29) is 18.4 Å². The number of ether oxygens (including phenoxy) is 1. The van der Waals surface area contributed by atoms with Gasteiger partial charge in [0.15, 0.2) is 0 Å². The molecule has 5 heteroatoms. The summed E-state index contributed by atoms with van der Waals surface area (Å²) in [4.78, 5) is 0. The summed E-state index contributed by atoms with van der Waals surface area (Å²) >= 11 is 9.42. The summed E-state index contributed by atoms with van der Waals surface area (Å²) in [7, 11) is 0. The molecule has 0 amide bonds. The quantitative estimate of drug-likeness (QED) is 0.797. The van der Waals surface area contributed by atoms with E-state index >= 15 is 0 Å². The summed E-state index contributed by atoms with van der Waals surface area (Å²) in [5.74, 6) is 0.731. The Labute approximate surface area is 102 Å². The first-order valence-electron chi connectivity index (χ1n) is 4.06. The monoisotopic (exact) mass is 297 g/mol. The van der Waals surface area contributed by atoms with E-state index in [2.05, 4.69) is 15.9 Å². The number of benzene rings is 1. The molecule has 0 saturated carbocycles. The van der Waals surface area contributed by atoms with Crippen LogP contribution < -0.4 is 10.5 Å². The molecule has 0 saturated heterocycles. The van der Waals surface area contributed by atoms with E-state index in [0.29, 0.717) is 11.6 Å². The van der Waals surface area contributed by atoms with Crippen LogP contribution in [0.4, 0.5) is 0 Å². The van der Waals surface area contributed by atoms with Gasteiger partial charge in [-0.3, -0.25) is 0 Å². The summed E-state index contributed by atoms with van der Waals surface area (Å²) in [6.45, 7) is 0.643. The number of hydrogen-bond donors (Lipinski definition) is 1. The zero-order chi connectivity index (χ0) is 9.42. The van der Waals surface area contributed by atoms with Gasteiger partial charge in [-0.1, -0.05) is 27.5 Å². The van der Waals surface area contributed by atoms with Crippen LogP contribution in [0.25, 0.3) is 0 Å². The highest BCUT2D eigenvalue weighted by molar-refractivity contribution is 9.10. The van der Waals surface area contributed by atoms with Crippen molar-refractivity contribution >= 4 is 39.9 Å². The molecule has 0 bridgehead atoms. The van der Waals surface area contributed by atoms with Crippen molar-refractivity contribution in [3.05, 3.63) is 27.2 Å². The Morgan fingerprint density at radius 1 is 1.50 bits per heavy atom. The van der Waals surface area contributed by atoms with Crippen molar-refractivity contribution < 1.29 is 4.74 Å². The molecule has 2 rings (SSSR count). The van der Waals surface area contributed by atoms with Gasteiger partial charge < -0.3 is 10.5 Å². The molecule has 2 nitrogen and oxygen atoms in total. The number of nitrogens with two attached hydrogens (primary N) is 1. The smallest absolute Gasteiger partial charge is 0.143 e. The Morgan fingerprint density at radius 2 is 2.21 bits per heavy atom. The van der Waals surface area contributed by atoms with Crippen molar-refractivity contribution in [2.75, 3.05) is 6.61 Å². The second kappa shape index (κ2) is 4.71. The first-order chi connectivity index (χ1) is 6.20. The predicted molar refractivity (Wildman–Crippen MR) is 63.4 cm³/mol. The molecule has 78 valence electrons. The van der Waals surface area contributed by atoms with Crippen molar-refractivity contribution in [2.45, 2.75) is 12.5 Å². The molecule has 1 heterocycles. The molecule has 14 heavy (non-hydrogen) atoms. The molecule has 1 aromatic rings. The minimum absolute atomic E-state index is 0. The fourth-order valence-corrected chi connectivity index (χ4v) is 2.30. The fraction of sp³-hybridized carbons (Fsp3) is 0.333. The van der Waals surface area contributed by atoms with Gasteiger partial charge in [0.2, 0.25) is 0 Å². The largest absolute Gasteiger partial charge is 0.492 e. The van der Waals surface area contributed by atoms with Crippen molar-refractivity contribution in [1.82, 2.24) is 0 Å². The number of hydrogen-bond acceptors (Lipinski definition) is 2. The van der Waals surface area contributed by atoms with E-state index in [4.69, 9.17) is 22.1 Å². The molecule has 2 N–H and O–H groups in total. The molecule has 0 aliphatic carbocycles. The normalized spacial score (nSPS) is 19.2. The first kappa shape index (κ1) is 12.1. The standard InChI is InChI=1S/C9H9BrClNO.ClH/c10-5-1-2-6(11)9-8(5)7(12)3-4-13-9;/h1-2,7H,3-4,12H2;1H/t7-;/m0./s1. The summed E-state index contributed by atoms with van der Waals surface area (Å²) in [6, 6.07) is 3.73. The van der Waals surface area contributed by atoms with Crippen LogP contribution in [-0.4, -0.2) is 6.61 Å². The SMILES string of the molecule is Cl.N[C@H]1CCOc2c(Cl)ccc(Br)c21. The van der Waals surface area contributed by atoms with Gasteiger partial charge in [-0.05, 0) is 12.1 Å². The van der Waals surface area contributed by atoms with Crippen LogP contribution in [0, 0.1) is 0 Å². The van der Waals surface area contributed by atoms with Gasteiger partial charge in [0.1, 0.15) is 5.75 Å². The first-order valence-corrected chi connectivity index (χ1v) is 5.23. The molecule has 1 aliphatic heterocycles. The Balaban J connectivity index is 0.000000980. The molecule has 0 aromatic heterocycles. The highest BCUT2D eigenvalue weighted by atomic mass is 79.9. The van der Waals surface area contributed by atoms with Crippen LogP contribution >= 0.6 is 39.9 Å². The average molecular weight is 299 g/mol. The van der Waals surface area contributed by atoms with Gasteiger partial charge in [0, 0.05) is 22.5 Å². The number of halogens is 3. The Bertz CT molecular complexity index is 346. The zero-order valence-electron chi connectivity index (χ0n) is 7.30. The maximum absolute atomic E-state index is 5.98. The molecule has 0 fully saturated rings. The van der Waals surface area contributed by atoms with Gasteiger partial charge in [0.05, 0.1) is 11.6 Å². The van der Waals surface area contributed by atoms with Crippen molar-refractivity contribution in [3.63, 3.8) is 0 Å². The van der Waals surface area contributed by atoms with Crippen LogP contribution in [0.15, 0.2) is 16.6 Å². The highest BCUT2D eigenvalue weighted by Gasteiger charge is 2.22. The van der Waals surface area contributed by atoms with E-state index < -0.39 is 0 Å². The minimum Gasteiger partial charge on any atom is -0.492 e. The van der Waals surface area contributed by atoms with Crippen molar-refractivity contribution in [2.24, 2.45) is 5.73 Å². The van der Waals surface area contributed by atoms with Crippen LogP contribution in [0.2, 0.25) is 5.02 Å². The average Bonchev–Trinajstić information content (AvgIpc) is 2.12. The third kappa shape index (κ3) is 2.01. The Kier molecular flexibility index (Phi) is 4.07. The van der Waals surface area contributed by atoms with Crippen LogP contribution in [-0.2, 0) is 0 Å². The van der Waals surface area contributed by atoms with E-state index in [1.54, 1.807) is 0 Å². The third-order valence-electron chi connectivity index (χ3n) is 2.14. The molecular formula is C9H10BrCl2NO. The minimum atomic E-state index is 0. The molecular weight excluding hydrogens is 289 g/mol. The Hall–Kier alpha value is 0.0400. The maximum Gasteiger partial charge on any atom is 0.143 e. The predicted octanol–water partition coefficient (Wildman–Crippen LogP) is 3.31. The second-order valence-corrected chi connectivity index (χ2v) is 4.28. The highest BCUT2D eigenvalue weighted by Crippen LogP contribution is 2.40. The molecule has 0 radical (unpaired) electrons. The van der Waals surface area contributed by atoms with Gasteiger partial charge in [-0.2, -0.15) is 0 Å². The van der Waals surface area contributed by atoms with E-state index in [0.717, 1.165) is 22.2 Å². The molecule has 1 aromatic carbocycles. The van der Waals surface area contributed by atoms with Gasteiger partial charge in [-0.15, -0.1) is 12.4 Å². The lowest BCUT2D eigenvalue weighted by Crippen LogP contribution is -2.21. The topological polar surface area (TPSA) is 35.2 Å². The van der Waals surface area contributed by atoms with Crippen LogP contribution in [0.5, 0.6) is 5.75 Å². The van der Waals surface area contributed by atoms with Crippen LogP contribution in [0.3, 0.4) is 0 Å². The van der Waals surface area contributed by atoms with E-state index in [9.17, 15) is 0 Å². The summed E-state index contributed by atoms with van der Waals surface area (Å²) in [5.41, 5.74) is 6.93. The second-order valence-electron chi connectivity index (χ2n) is 3.02. The zero-order valence-corrected chi connectivity index (χ0v) is 10.5. The third-order valence-corrected chi connectivity index (χ3v) is 3.13. The Morgan fingerprint density at radius 3 is 2.86 bits per heavy atom. The van der Waals surface area contributed by atoms with E-state index in [1.165, 1.54) is 0 Å². The molecule has 1 atom stereocenters. The van der Waals surface area contributed by atoms with Crippen molar-refractivity contribution in [3.8, 4) is 5.75 Å². The molecule has 0 unspecified atom stereocenters. The lowest BCUT2D eigenvalue weighted by Gasteiger charge is -2.24.